The summed E-state index contributed by atoms with van der Waals surface area (Å²) in [4.78, 5) is 25.5. The number of morpholine rings is 1. The zero-order chi connectivity index (χ0) is 17.0. The van der Waals surface area contributed by atoms with Gasteiger partial charge in [0.15, 0.2) is 0 Å². The molecule has 2 fully saturated rings. The van der Waals surface area contributed by atoms with E-state index in [1.165, 1.54) is 5.56 Å². The van der Waals surface area contributed by atoms with Gasteiger partial charge < -0.3 is 19.7 Å². The summed E-state index contributed by atoms with van der Waals surface area (Å²) in [7, 11) is 1.65. The van der Waals surface area contributed by atoms with Crippen LogP contribution in [0.15, 0.2) is 24.3 Å². The maximum absolute atomic E-state index is 12.4. The number of hydrogen-bond donors (Lipinski definition) is 1. The first kappa shape index (κ1) is 16.8. The molecule has 0 saturated carbocycles. The van der Waals surface area contributed by atoms with Gasteiger partial charge in [-0.3, -0.25) is 9.59 Å². The largest absolute Gasteiger partial charge is 0.497 e. The number of amides is 2. The highest BCUT2D eigenvalue weighted by Gasteiger charge is 2.43. The van der Waals surface area contributed by atoms with E-state index in [0.29, 0.717) is 26.1 Å². The van der Waals surface area contributed by atoms with Crippen molar-refractivity contribution in [3.63, 3.8) is 0 Å². The highest BCUT2D eigenvalue weighted by molar-refractivity contribution is 5.79. The first-order chi connectivity index (χ1) is 11.6. The second-order valence-electron chi connectivity index (χ2n) is 6.52. The zero-order valence-electron chi connectivity index (χ0n) is 14.0. The summed E-state index contributed by atoms with van der Waals surface area (Å²) in [6.07, 6.45) is 3.03. The van der Waals surface area contributed by atoms with Crippen LogP contribution in [-0.2, 0) is 20.7 Å². The number of likely N-dealkylation sites (tertiary alicyclic amines) is 1. The molecule has 6 nitrogen and oxygen atoms in total. The Morgan fingerprint density at radius 3 is 2.83 bits per heavy atom. The van der Waals surface area contributed by atoms with Crippen molar-refractivity contribution in [2.75, 3.05) is 33.4 Å². The van der Waals surface area contributed by atoms with Crippen molar-refractivity contribution in [2.24, 2.45) is 0 Å². The number of rotatable bonds is 5. The lowest BCUT2D eigenvalue weighted by atomic mass is 10.0. The number of nitrogens with zero attached hydrogens (tertiary/aromatic N) is 1. The van der Waals surface area contributed by atoms with Crippen LogP contribution in [0.4, 0.5) is 0 Å². The first-order valence-electron chi connectivity index (χ1n) is 8.42. The molecule has 0 radical (unpaired) electrons. The van der Waals surface area contributed by atoms with Crippen LogP contribution in [0.25, 0.3) is 0 Å². The highest BCUT2D eigenvalue weighted by atomic mass is 16.5. The summed E-state index contributed by atoms with van der Waals surface area (Å²) in [5, 5.41) is 2.84. The average Bonchev–Trinajstić information content (AvgIpc) is 3.02. The number of ether oxygens (including phenoxy) is 2. The Morgan fingerprint density at radius 2 is 2.17 bits per heavy atom. The number of hydrogen-bond acceptors (Lipinski definition) is 4. The minimum atomic E-state index is -0.375. The number of benzene rings is 1. The van der Waals surface area contributed by atoms with Crippen LogP contribution in [0.5, 0.6) is 5.75 Å². The molecular weight excluding hydrogens is 308 g/mol. The maximum Gasteiger partial charge on any atom is 0.246 e. The van der Waals surface area contributed by atoms with Crippen LogP contribution >= 0.6 is 0 Å². The number of carbonyl (C=O) groups is 2. The van der Waals surface area contributed by atoms with E-state index in [2.05, 4.69) is 5.32 Å². The topological polar surface area (TPSA) is 67.9 Å². The van der Waals surface area contributed by atoms with Crippen molar-refractivity contribution in [3.05, 3.63) is 29.8 Å². The predicted octanol–water partition coefficient (Wildman–Crippen LogP) is 1.14. The molecule has 2 aliphatic rings. The van der Waals surface area contributed by atoms with Gasteiger partial charge in [0.25, 0.3) is 0 Å². The van der Waals surface area contributed by atoms with Crippen molar-refractivity contribution in [1.82, 2.24) is 10.2 Å². The molecule has 1 N–H and O–H groups in total. The third-order valence-electron chi connectivity index (χ3n) is 4.80. The molecule has 2 amide bonds. The molecule has 1 unspecified atom stereocenters. The normalized spacial score (nSPS) is 23.4. The molecule has 1 atom stereocenters. The van der Waals surface area contributed by atoms with Gasteiger partial charge in [-0.05, 0) is 37.0 Å². The Morgan fingerprint density at radius 1 is 1.38 bits per heavy atom. The van der Waals surface area contributed by atoms with Crippen LogP contribution in [-0.4, -0.2) is 55.7 Å². The summed E-state index contributed by atoms with van der Waals surface area (Å²) in [6, 6.07) is 7.95. The molecule has 0 aliphatic carbocycles. The van der Waals surface area contributed by atoms with Crippen LogP contribution in [0.3, 0.4) is 0 Å². The lowest BCUT2D eigenvalue weighted by Gasteiger charge is -2.33. The molecule has 3 rings (SSSR count). The van der Waals surface area contributed by atoms with Crippen molar-refractivity contribution in [1.29, 1.82) is 0 Å². The van der Waals surface area contributed by atoms with Gasteiger partial charge in [-0.2, -0.15) is 0 Å². The fraction of sp³-hybridized carbons (Fsp3) is 0.556. The lowest BCUT2D eigenvalue weighted by molar-refractivity contribution is -0.143. The van der Waals surface area contributed by atoms with Crippen LogP contribution in [0.1, 0.15) is 24.8 Å². The molecule has 0 bridgehead atoms. The van der Waals surface area contributed by atoms with Gasteiger partial charge in [0.1, 0.15) is 18.0 Å². The Kier molecular flexibility index (Phi) is 5.04. The summed E-state index contributed by atoms with van der Waals surface area (Å²) in [6.45, 7) is 1.88. The van der Waals surface area contributed by atoms with Crippen LogP contribution in [0, 0.1) is 0 Å². The smallest absolute Gasteiger partial charge is 0.246 e. The van der Waals surface area contributed by atoms with E-state index < -0.39 is 0 Å². The van der Waals surface area contributed by atoms with E-state index >= 15 is 0 Å². The number of methoxy groups -OCH3 is 1. The van der Waals surface area contributed by atoms with E-state index in [-0.39, 0.29) is 24.0 Å². The monoisotopic (exact) mass is 332 g/mol. The third-order valence-corrected chi connectivity index (χ3v) is 4.80. The second-order valence-corrected chi connectivity index (χ2v) is 6.52. The van der Waals surface area contributed by atoms with Gasteiger partial charge in [-0.25, -0.2) is 0 Å². The Labute approximate surface area is 142 Å². The minimum absolute atomic E-state index is 0.0788. The first-order valence-corrected chi connectivity index (χ1v) is 8.42. The summed E-state index contributed by atoms with van der Waals surface area (Å²) in [5.74, 6) is 0.933. The molecule has 0 aromatic heterocycles. The van der Waals surface area contributed by atoms with Crippen molar-refractivity contribution in [3.8, 4) is 5.75 Å². The molecule has 2 heterocycles. The Balaban J connectivity index is 1.43. The third kappa shape index (κ3) is 3.87. The summed E-state index contributed by atoms with van der Waals surface area (Å²) < 4.78 is 10.8. The summed E-state index contributed by atoms with van der Waals surface area (Å²) >= 11 is 0. The fourth-order valence-electron chi connectivity index (χ4n) is 3.29. The molecule has 1 aromatic carbocycles. The van der Waals surface area contributed by atoms with Crippen molar-refractivity contribution in [2.45, 2.75) is 31.3 Å². The van der Waals surface area contributed by atoms with Crippen LogP contribution < -0.4 is 10.1 Å². The molecule has 2 saturated heterocycles. The average molecular weight is 332 g/mol. The van der Waals surface area contributed by atoms with Gasteiger partial charge in [-0.15, -0.1) is 0 Å². The Hall–Kier alpha value is -2.08. The molecular formula is C18H24N2O4. The standard InChI is InChI=1S/C18H24N2O4/c1-23-15-7-5-14(6-8-15)3-2-4-17(22)20-10-9-18(13-20)12-19-16(21)11-24-18/h5-8H,2-4,9-13H2,1H3,(H,19,21). The molecule has 130 valence electrons. The van der Waals surface area contributed by atoms with Gasteiger partial charge in [0.2, 0.25) is 11.8 Å². The lowest BCUT2D eigenvalue weighted by Crippen LogP contribution is -2.54. The number of nitrogens with one attached hydrogen (secondary N) is 1. The van der Waals surface area contributed by atoms with Crippen molar-refractivity contribution >= 4 is 11.8 Å². The molecule has 1 spiro atoms. The second kappa shape index (κ2) is 7.21. The SMILES string of the molecule is COc1ccc(CCCC(=O)N2CCC3(CNC(=O)CO3)C2)cc1. The maximum atomic E-state index is 12.4. The Bertz CT molecular complexity index is 590. The van der Waals surface area contributed by atoms with Gasteiger partial charge in [-0.1, -0.05) is 12.1 Å². The van der Waals surface area contributed by atoms with Gasteiger partial charge in [0.05, 0.1) is 13.7 Å². The molecule has 24 heavy (non-hydrogen) atoms. The van der Waals surface area contributed by atoms with E-state index in [1.807, 2.05) is 29.2 Å². The van der Waals surface area contributed by atoms with E-state index in [9.17, 15) is 9.59 Å². The van der Waals surface area contributed by atoms with Gasteiger partial charge >= 0.3 is 0 Å². The van der Waals surface area contributed by atoms with Gasteiger partial charge in [0, 0.05) is 19.5 Å². The molecule has 2 aliphatic heterocycles. The van der Waals surface area contributed by atoms with E-state index in [4.69, 9.17) is 9.47 Å². The van der Waals surface area contributed by atoms with E-state index in [0.717, 1.165) is 25.0 Å². The van der Waals surface area contributed by atoms with Crippen molar-refractivity contribution < 1.29 is 19.1 Å². The number of carbonyl (C=O) groups excluding carboxylic acids is 2. The predicted molar refractivity (Wildman–Crippen MR) is 88.8 cm³/mol. The zero-order valence-corrected chi connectivity index (χ0v) is 14.0. The quantitative estimate of drug-likeness (QED) is 0.878. The van der Waals surface area contributed by atoms with Crippen LogP contribution in [0.2, 0.25) is 0 Å². The molecule has 6 heteroatoms. The summed E-state index contributed by atoms with van der Waals surface area (Å²) in [5.41, 5.74) is 0.833. The fourth-order valence-corrected chi connectivity index (χ4v) is 3.29. The van der Waals surface area contributed by atoms with E-state index in [1.54, 1.807) is 7.11 Å². The molecule has 1 aromatic rings. The highest BCUT2D eigenvalue weighted by Crippen LogP contribution is 2.27. The minimum Gasteiger partial charge on any atom is -0.497 e. The number of aryl methyl sites for hydroxylation is 1.